The third-order valence-corrected chi connectivity index (χ3v) is 5.25. The molecule has 0 radical (unpaired) electrons. The van der Waals surface area contributed by atoms with Crippen molar-refractivity contribution in [2.75, 3.05) is 31.1 Å². The number of anilines is 1. The van der Waals surface area contributed by atoms with Gasteiger partial charge in [0, 0.05) is 42.0 Å². The van der Waals surface area contributed by atoms with Crippen molar-refractivity contribution in [3.05, 3.63) is 60.2 Å². The van der Waals surface area contributed by atoms with E-state index in [2.05, 4.69) is 49.1 Å². The Labute approximate surface area is 148 Å². The number of benzene rings is 2. The van der Waals surface area contributed by atoms with Crippen LogP contribution in [0.4, 0.5) is 5.69 Å². The highest BCUT2D eigenvalue weighted by Gasteiger charge is 2.24. The Morgan fingerprint density at radius 2 is 1.54 bits per heavy atom. The summed E-state index contributed by atoms with van der Waals surface area (Å²) < 4.78 is 0. The highest BCUT2D eigenvalue weighted by Crippen LogP contribution is 2.28. The zero-order chi connectivity index (χ0) is 16.9. The molecule has 4 heteroatoms. The number of carbonyl (C=O) groups is 1. The van der Waals surface area contributed by atoms with Gasteiger partial charge in [-0.2, -0.15) is 0 Å². The minimum atomic E-state index is 0.159. The minimum Gasteiger partial charge on any atom is -0.368 e. The average molecular weight is 340 g/mol. The molecule has 1 aliphatic rings. The molecular weight excluding hydrogens is 316 g/mol. The minimum absolute atomic E-state index is 0.159. The van der Waals surface area contributed by atoms with Crippen LogP contribution >= 0.6 is 11.8 Å². The lowest BCUT2D eigenvalue weighted by Crippen LogP contribution is -2.48. The number of rotatable bonds is 4. The summed E-state index contributed by atoms with van der Waals surface area (Å²) in [6.45, 7) is 7.63. The van der Waals surface area contributed by atoms with Gasteiger partial charge in [-0.25, -0.2) is 0 Å². The van der Waals surface area contributed by atoms with Crippen LogP contribution in [0.15, 0.2) is 59.5 Å². The molecule has 0 spiro atoms. The molecule has 1 amide bonds. The van der Waals surface area contributed by atoms with Gasteiger partial charge in [0.15, 0.2) is 0 Å². The molecule has 0 bridgehead atoms. The smallest absolute Gasteiger partial charge is 0.255 e. The van der Waals surface area contributed by atoms with Gasteiger partial charge < -0.3 is 9.80 Å². The van der Waals surface area contributed by atoms with Gasteiger partial charge >= 0.3 is 0 Å². The number of hydrogen-bond donors (Lipinski definition) is 0. The summed E-state index contributed by atoms with van der Waals surface area (Å²) in [5.41, 5.74) is 2.07. The van der Waals surface area contributed by atoms with E-state index in [-0.39, 0.29) is 5.91 Å². The Kier molecular flexibility index (Phi) is 5.46. The van der Waals surface area contributed by atoms with E-state index in [1.54, 1.807) is 11.8 Å². The van der Waals surface area contributed by atoms with E-state index >= 15 is 0 Å². The molecule has 0 aromatic heterocycles. The fourth-order valence-electron chi connectivity index (χ4n) is 2.98. The Morgan fingerprint density at radius 1 is 0.917 bits per heavy atom. The molecule has 126 valence electrons. The van der Waals surface area contributed by atoms with Crippen molar-refractivity contribution in [2.24, 2.45) is 0 Å². The highest BCUT2D eigenvalue weighted by atomic mass is 32.2. The monoisotopic (exact) mass is 340 g/mol. The molecule has 2 aromatic rings. The van der Waals surface area contributed by atoms with Crippen molar-refractivity contribution >= 4 is 23.4 Å². The van der Waals surface area contributed by atoms with E-state index in [9.17, 15) is 4.79 Å². The van der Waals surface area contributed by atoms with Gasteiger partial charge in [0.1, 0.15) is 0 Å². The molecule has 1 heterocycles. The standard InChI is InChI=1S/C20H24N2OS/c1-16(2)24-19-11-7-6-10-18(19)20(23)22-14-12-21(13-15-22)17-8-4-3-5-9-17/h3-11,16H,12-15H2,1-2H3. The van der Waals surface area contributed by atoms with Crippen molar-refractivity contribution in [2.45, 2.75) is 24.0 Å². The summed E-state index contributed by atoms with van der Waals surface area (Å²) in [6, 6.07) is 18.4. The van der Waals surface area contributed by atoms with Crippen molar-refractivity contribution in [1.82, 2.24) is 4.90 Å². The van der Waals surface area contributed by atoms with Crippen LogP contribution in [0.1, 0.15) is 24.2 Å². The molecule has 0 aliphatic carbocycles. The number of amides is 1. The van der Waals surface area contributed by atoms with Gasteiger partial charge in [0.2, 0.25) is 0 Å². The van der Waals surface area contributed by atoms with Crippen LogP contribution in [0.2, 0.25) is 0 Å². The molecule has 0 saturated carbocycles. The fourth-order valence-corrected chi connectivity index (χ4v) is 3.92. The molecule has 3 nitrogen and oxygen atoms in total. The zero-order valence-corrected chi connectivity index (χ0v) is 15.1. The van der Waals surface area contributed by atoms with Gasteiger partial charge in [0.25, 0.3) is 5.91 Å². The van der Waals surface area contributed by atoms with E-state index in [0.29, 0.717) is 5.25 Å². The summed E-state index contributed by atoms with van der Waals surface area (Å²) >= 11 is 1.76. The first-order valence-electron chi connectivity index (χ1n) is 8.50. The lowest BCUT2D eigenvalue weighted by Gasteiger charge is -2.36. The Balaban J connectivity index is 1.68. The molecule has 2 aromatic carbocycles. The maximum absolute atomic E-state index is 12.9. The second-order valence-corrected chi connectivity index (χ2v) is 7.90. The van der Waals surface area contributed by atoms with Crippen LogP contribution in [0.3, 0.4) is 0 Å². The lowest BCUT2D eigenvalue weighted by molar-refractivity contribution is 0.0743. The summed E-state index contributed by atoms with van der Waals surface area (Å²) in [6.07, 6.45) is 0. The summed E-state index contributed by atoms with van der Waals surface area (Å²) in [5, 5.41) is 0.467. The van der Waals surface area contributed by atoms with Gasteiger partial charge in [-0.3, -0.25) is 4.79 Å². The van der Waals surface area contributed by atoms with E-state index in [1.807, 2.05) is 29.2 Å². The molecule has 3 rings (SSSR count). The highest BCUT2D eigenvalue weighted by molar-refractivity contribution is 8.00. The average Bonchev–Trinajstić information content (AvgIpc) is 2.62. The second-order valence-electron chi connectivity index (χ2n) is 6.28. The van der Waals surface area contributed by atoms with E-state index in [4.69, 9.17) is 0 Å². The third-order valence-electron chi connectivity index (χ3n) is 4.17. The molecule has 1 aliphatic heterocycles. The zero-order valence-electron chi connectivity index (χ0n) is 14.3. The van der Waals surface area contributed by atoms with Crippen LogP contribution in [0.25, 0.3) is 0 Å². The van der Waals surface area contributed by atoms with Gasteiger partial charge in [-0.1, -0.05) is 44.2 Å². The van der Waals surface area contributed by atoms with Crippen LogP contribution < -0.4 is 4.90 Å². The van der Waals surface area contributed by atoms with E-state index in [0.717, 1.165) is 36.6 Å². The second kappa shape index (κ2) is 7.75. The van der Waals surface area contributed by atoms with Gasteiger partial charge in [-0.15, -0.1) is 11.8 Å². The molecule has 0 atom stereocenters. The Morgan fingerprint density at radius 3 is 2.21 bits per heavy atom. The SMILES string of the molecule is CC(C)Sc1ccccc1C(=O)N1CCN(c2ccccc2)CC1. The fraction of sp³-hybridized carbons (Fsp3) is 0.350. The Hall–Kier alpha value is -1.94. The van der Waals surface area contributed by atoms with Crippen molar-refractivity contribution in [1.29, 1.82) is 0 Å². The summed E-state index contributed by atoms with van der Waals surface area (Å²) in [4.78, 5) is 18.4. The normalized spacial score (nSPS) is 15.0. The number of nitrogens with zero attached hydrogens (tertiary/aromatic N) is 2. The summed E-state index contributed by atoms with van der Waals surface area (Å²) in [7, 11) is 0. The molecule has 24 heavy (non-hydrogen) atoms. The van der Waals surface area contributed by atoms with Crippen molar-refractivity contribution < 1.29 is 4.79 Å². The number of piperazine rings is 1. The number of hydrogen-bond acceptors (Lipinski definition) is 3. The number of carbonyl (C=O) groups excluding carboxylic acids is 1. The predicted octanol–water partition coefficient (Wildman–Crippen LogP) is 4.15. The predicted molar refractivity (Wildman–Crippen MR) is 102 cm³/mol. The van der Waals surface area contributed by atoms with Gasteiger partial charge in [0.05, 0.1) is 5.56 Å². The van der Waals surface area contributed by atoms with Crippen LogP contribution in [-0.4, -0.2) is 42.2 Å². The molecular formula is C20H24N2OS. The van der Waals surface area contributed by atoms with Crippen molar-refractivity contribution in [3.8, 4) is 0 Å². The first kappa shape index (κ1) is 16.9. The number of para-hydroxylation sites is 1. The van der Waals surface area contributed by atoms with Crippen molar-refractivity contribution in [3.63, 3.8) is 0 Å². The Bertz CT molecular complexity index is 679. The van der Waals surface area contributed by atoms with Crippen LogP contribution in [0, 0.1) is 0 Å². The van der Waals surface area contributed by atoms with Gasteiger partial charge in [-0.05, 0) is 24.3 Å². The van der Waals surface area contributed by atoms with E-state index in [1.165, 1.54) is 5.69 Å². The molecule has 0 unspecified atom stereocenters. The maximum atomic E-state index is 12.9. The first-order valence-corrected chi connectivity index (χ1v) is 9.38. The van der Waals surface area contributed by atoms with Crippen LogP contribution in [0.5, 0.6) is 0 Å². The molecule has 0 N–H and O–H groups in total. The maximum Gasteiger partial charge on any atom is 0.255 e. The largest absolute Gasteiger partial charge is 0.368 e. The van der Waals surface area contributed by atoms with Crippen LogP contribution in [-0.2, 0) is 0 Å². The first-order chi connectivity index (χ1) is 11.6. The topological polar surface area (TPSA) is 23.6 Å². The molecule has 1 saturated heterocycles. The molecule has 1 fully saturated rings. The van der Waals surface area contributed by atoms with E-state index < -0.39 is 0 Å². The third kappa shape index (κ3) is 3.93. The summed E-state index contributed by atoms with van der Waals surface area (Å²) in [5.74, 6) is 0.159. The lowest BCUT2D eigenvalue weighted by atomic mass is 10.1. The number of thioether (sulfide) groups is 1. The quantitative estimate of drug-likeness (QED) is 0.781.